The lowest BCUT2D eigenvalue weighted by Gasteiger charge is -2.30. The first-order chi connectivity index (χ1) is 10.9. The summed E-state index contributed by atoms with van der Waals surface area (Å²) < 4.78 is 5.19. The zero-order chi connectivity index (χ0) is 17.0. The summed E-state index contributed by atoms with van der Waals surface area (Å²) in [6.45, 7) is 8.05. The number of carbonyl (C=O) groups is 1. The third-order valence-corrected chi connectivity index (χ3v) is 3.46. The summed E-state index contributed by atoms with van der Waals surface area (Å²) in [5.74, 6) is 1.17. The lowest BCUT2D eigenvalue weighted by molar-refractivity contribution is -0.135. The average molecular weight is 317 g/mol. The molecule has 1 aromatic heterocycles. The van der Waals surface area contributed by atoms with Gasteiger partial charge in [0.2, 0.25) is 11.7 Å². The van der Waals surface area contributed by atoms with Crippen LogP contribution < -0.4 is 4.74 Å². The number of tetrazole rings is 1. The van der Waals surface area contributed by atoms with Crippen LogP contribution in [0.2, 0.25) is 0 Å². The number of benzene rings is 1. The molecule has 2 aromatic rings. The SMILES string of the molecule is COc1cccc(-c2nnn(CC(=O)N(C(C)C)C(C)C)n2)c1. The molecular weight excluding hydrogens is 294 g/mol. The van der Waals surface area contributed by atoms with Gasteiger partial charge < -0.3 is 9.64 Å². The average Bonchev–Trinajstić information content (AvgIpc) is 2.95. The van der Waals surface area contributed by atoms with Gasteiger partial charge in [-0.1, -0.05) is 12.1 Å². The van der Waals surface area contributed by atoms with E-state index >= 15 is 0 Å². The first kappa shape index (κ1) is 16.9. The van der Waals surface area contributed by atoms with E-state index in [1.54, 1.807) is 7.11 Å². The molecule has 0 aliphatic carbocycles. The fourth-order valence-electron chi connectivity index (χ4n) is 2.56. The molecule has 0 aliphatic rings. The van der Waals surface area contributed by atoms with Crippen LogP contribution in [0, 0.1) is 0 Å². The number of hydrogen-bond donors (Lipinski definition) is 0. The van der Waals surface area contributed by atoms with Gasteiger partial charge >= 0.3 is 0 Å². The van der Waals surface area contributed by atoms with Crippen molar-refractivity contribution in [2.75, 3.05) is 7.11 Å². The van der Waals surface area contributed by atoms with Gasteiger partial charge in [-0.3, -0.25) is 4.79 Å². The molecule has 0 radical (unpaired) electrons. The number of amides is 1. The predicted octanol–water partition coefficient (Wildman–Crippen LogP) is 1.99. The second-order valence-electron chi connectivity index (χ2n) is 5.86. The van der Waals surface area contributed by atoms with Gasteiger partial charge in [0.05, 0.1) is 7.11 Å². The molecule has 2 rings (SSSR count). The standard InChI is InChI=1S/C16H23N5O2/c1-11(2)21(12(3)4)15(22)10-20-18-16(17-19-20)13-7-6-8-14(9-13)23-5/h6-9,11-12H,10H2,1-5H3. The highest BCUT2D eigenvalue weighted by Crippen LogP contribution is 2.19. The van der Waals surface area contributed by atoms with Crippen molar-refractivity contribution in [2.24, 2.45) is 0 Å². The monoisotopic (exact) mass is 317 g/mol. The van der Waals surface area contributed by atoms with Crippen LogP contribution in [0.5, 0.6) is 5.75 Å². The first-order valence-electron chi connectivity index (χ1n) is 7.65. The quantitative estimate of drug-likeness (QED) is 0.814. The molecule has 0 spiro atoms. The van der Waals surface area contributed by atoms with Crippen molar-refractivity contribution in [3.05, 3.63) is 24.3 Å². The second-order valence-corrected chi connectivity index (χ2v) is 5.86. The lowest BCUT2D eigenvalue weighted by atomic mass is 10.2. The molecule has 0 fully saturated rings. The van der Waals surface area contributed by atoms with Crippen molar-refractivity contribution in [3.8, 4) is 17.1 Å². The van der Waals surface area contributed by atoms with Crippen LogP contribution in [0.1, 0.15) is 27.7 Å². The zero-order valence-electron chi connectivity index (χ0n) is 14.2. The van der Waals surface area contributed by atoms with Gasteiger partial charge in [-0.25, -0.2) is 0 Å². The molecule has 0 saturated heterocycles. The predicted molar refractivity (Wildman–Crippen MR) is 86.9 cm³/mol. The van der Waals surface area contributed by atoms with Crippen LogP contribution in [0.4, 0.5) is 0 Å². The van der Waals surface area contributed by atoms with E-state index < -0.39 is 0 Å². The van der Waals surface area contributed by atoms with Gasteiger partial charge in [-0.15, -0.1) is 10.2 Å². The van der Waals surface area contributed by atoms with E-state index in [0.29, 0.717) is 5.82 Å². The summed E-state index contributed by atoms with van der Waals surface area (Å²) >= 11 is 0. The summed E-state index contributed by atoms with van der Waals surface area (Å²) in [5, 5.41) is 12.3. The Kier molecular flexibility index (Phi) is 5.31. The smallest absolute Gasteiger partial charge is 0.246 e. The molecule has 7 heteroatoms. The molecule has 0 N–H and O–H groups in total. The van der Waals surface area contributed by atoms with Crippen molar-refractivity contribution < 1.29 is 9.53 Å². The number of carbonyl (C=O) groups excluding carboxylic acids is 1. The number of rotatable bonds is 6. The van der Waals surface area contributed by atoms with E-state index in [1.165, 1.54) is 4.80 Å². The molecule has 0 saturated carbocycles. The molecule has 0 atom stereocenters. The molecule has 1 heterocycles. The van der Waals surface area contributed by atoms with E-state index in [1.807, 2.05) is 56.9 Å². The summed E-state index contributed by atoms with van der Waals surface area (Å²) in [4.78, 5) is 15.6. The Bertz CT molecular complexity index is 658. The Balaban J connectivity index is 2.14. The van der Waals surface area contributed by atoms with Gasteiger partial charge in [-0.2, -0.15) is 4.80 Å². The Morgan fingerprint density at radius 2 is 1.96 bits per heavy atom. The normalized spacial score (nSPS) is 11.1. The van der Waals surface area contributed by atoms with E-state index in [9.17, 15) is 4.79 Å². The molecule has 7 nitrogen and oxygen atoms in total. The molecule has 23 heavy (non-hydrogen) atoms. The van der Waals surface area contributed by atoms with E-state index in [4.69, 9.17) is 4.74 Å². The van der Waals surface area contributed by atoms with E-state index in [-0.39, 0.29) is 24.5 Å². The van der Waals surface area contributed by atoms with Gasteiger partial charge in [0.15, 0.2) is 0 Å². The number of ether oxygens (including phenoxy) is 1. The molecule has 1 aromatic carbocycles. The highest BCUT2D eigenvalue weighted by Gasteiger charge is 2.21. The third kappa shape index (κ3) is 4.06. The van der Waals surface area contributed by atoms with Crippen LogP contribution in [-0.2, 0) is 11.3 Å². The van der Waals surface area contributed by atoms with Crippen molar-refractivity contribution >= 4 is 5.91 Å². The zero-order valence-corrected chi connectivity index (χ0v) is 14.2. The minimum Gasteiger partial charge on any atom is -0.497 e. The summed E-state index contributed by atoms with van der Waals surface area (Å²) in [6, 6.07) is 7.67. The van der Waals surface area contributed by atoms with Crippen LogP contribution in [0.25, 0.3) is 11.4 Å². The maximum absolute atomic E-state index is 12.4. The van der Waals surface area contributed by atoms with Crippen LogP contribution >= 0.6 is 0 Å². The van der Waals surface area contributed by atoms with Gasteiger partial charge in [0.25, 0.3) is 0 Å². The molecule has 0 aliphatic heterocycles. The molecular formula is C16H23N5O2. The molecule has 1 amide bonds. The van der Waals surface area contributed by atoms with Crippen molar-refractivity contribution in [2.45, 2.75) is 46.3 Å². The Labute approximate surface area is 136 Å². The second kappa shape index (κ2) is 7.21. The number of nitrogens with zero attached hydrogens (tertiary/aromatic N) is 5. The number of hydrogen-bond acceptors (Lipinski definition) is 5. The Hall–Kier alpha value is -2.44. The van der Waals surface area contributed by atoms with Crippen molar-refractivity contribution in [1.82, 2.24) is 25.1 Å². The fraction of sp³-hybridized carbons (Fsp3) is 0.500. The molecule has 124 valence electrons. The van der Waals surface area contributed by atoms with Gasteiger partial charge in [-0.05, 0) is 45.0 Å². The summed E-state index contributed by atoms with van der Waals surface area (Å²) in [6.07, 6.45) is 0. The Morgan fingerprint density at radius 3 is 2.57 bits per heavy atom. The lowest BCUT2D eigenvalue weighted by Crippen LogP contribution is -2.44. The molecule has 0 unspecified atom stereocenters. The van der Waals surface area contributed by atoms with E-state index in [0.717, 1.165) is 11.3 Å². The summed E-state index contributed by atoms with van der Waals surface area (Å²) in [7, 11) is 1.61. The van der Waals surface area contributed by atoms with Crippen LogP contribution in [-0.4, -0.2) is 50.2 Å². The maximum atomic E-state index is 12.4. The highest BCUT2D eigenvalue weighted by atomic mass is 16.5. The Morgan fingerprint density at radius 1 is 1.26 bits per heavy atom. The minimum atomic E-state index is -0.0235. The van der Waals surface area contributed by atoms with Crippen LogP contribution in [0.3, 0.4) is 0 Å². The van der Waals surface area contributed by atoms with Crippen LogP contribution in [0.15, 0.2) is 24.3 Å². The molecule has 0 bridgehead atoms. The largest absolute Gasteiger partial charge is 0.497 e. The topological polar surface area (TPSA) is 73.1 Å². The van der Waals surface area contributed by atoms with Gasteiger partial charge in [0.1, 0.15) is 12.3 Å². The highest BCUT2D eigenvalue weighted by molar-refractivity contribution is 5.76. The number of methoxy groups -OCH3 is 1. The maximum Gasteiger partial charge on any atom is 0.246 e. The number of aromatic nitrogens is 4. The summed E-state index contributed by atoms with van der Waals surface area (Å²) in [5.41, 5.74) is 0.799. The van der Waals surface area contributed by atoms with Crippen molar-refractivity contribution in [3.63, 3.8) is 0 Å². The fourth-order valence-corrected chi connectivity index (χ4v) is 2.56. The first-order valence-corrected chi connectivity index (χ1v) is 7.65. The third-order valence-electron chi connectivity index (χ3n) is 3.46. The van der Waals surface area contributed by atoms with Crippen molar-refractivity contribution in [1.29, 1.82) is 0 Å². The van der Waals surface area contributed by atoms with E-state index in [2.05, 4.69) is 15.4 Å². The van der Waals surface area contributed by atoms with Gasteiger partial charge in [0, 0.05) is 17.6 Å². The minimum absolute atomic E-state index is 0.0235.